The maximum absolute atomic E-state index is 14.1. The molecule has 2 aromatic rings. The van der Waals surface area contributed by atoms with E-state index in [1.807, 2.05) is 11.0 Å². The number of aliphatic hydroxyl groups is 1. The third-order valence-electron chi connectivity index (χ3n) is 8.45. The Balaban J connectivity index is 1.44. The molecule has 3 fully saturated rings. The molecule has 35 heavy (non-hydrogen) atoms. The highest BCUT2D eigenvalue weighted by molar-refractivity contribution is 7.90. The summed E-state index contributed by atoms with van der Waals surface area (Å²) < 4.78 is 37.9. The van der Waals surface area contributed by atoms with Gasteiger partial charge in [-0.15, -0.1) is 0 Å². The molecule has 7 nitrogen and oxygen atoms in total. The smallest absolute Gasteiger partial charge is 0.188 e. The molecule has 1 aromatic heterocycles. The van der Waals surface area contributed by atoms with E-state index < -0.39 is 16.2 Å². The largest absolute Gasteiger partial charge is 0.361 e. The Morgan fingerprint density at radius 1 is 1.14 bits per heavy atom. The normalized spacial score (nSPS) is 29.9. The highest BCUT2D eigenvalue weighted by atomic mass is 32.2. The van der Waals surface area contributed by atoms with E-state index in [0.29, 0.717) is 18.3 Å². The molecular weight excluding hydrogens is 467 g/mol. The highest BCUT2D eigenvalue weighted by Gasteiger charge is 2.55. The first-order valence-electron chi connectivity index (χ1n) is 12.4. The zero-order valence-corrected chi connectivity index (χ0v) is 21.5. The van der Waals surface area contributed by atoms with Crippen LogP contribution in [0.1, 0.15) is 44.1 Å². The minimum atomic E-state index is -3.34. The Labute approximate surface area is 207 Å². The van der Waals surface area contributed by atoms with Crippen LogP contribution in [0.3, 0.4) is 0 Å². The molecule has 1 saturated heterocycles. The molecule has 0 amide bonds. The maximum atomic E-state index is 14.1. The Morgan fingerprint density at radius 2 is 1.86 bits per heavy atom. The first-order valence-corrected chi connectivity index (χ1v) is 14.2. The van der Waals surface area contributed by atoms with Crippen molar-refractivity contribution in [3.63, 3.8) is 0 Å². The molecule has 0 bridgehead atoms. The number of aliphatic hydroxyl groups excluding tert-OH is 1. The first-order chi connectivity index (χ1) is 16.5. The Hall–Kier alpha value is -2.07. The predicted molar refractivity (Wildman–Crippen MR) is 133 cm³/mol. The topological polar surface area (TPSA) is 77.0 Å². The van der Waals surface area contributed by atoms with E-state index in [2.05, 4.69) is 28.9 Å². The third-order valence-corrected chi connectivity index (χ3v) is 9.55. The molecule has 2 heterocycles. The molecule has 190 valence electrons. The Kier molecular flexibility index (Phi) is 6.19. The molecule has 2 aliphatic carbocycles. The van der Waals surface area contributed by atoms with Gasteiger partial charge in [-0.2, -0.15) is 0 Å². The lowest BCUT2D eigenvalue weighted by atomic mass is 9.68. The minimum absolute atomic E-state index is 0.169. The van der Waals surface area contributed by atoms with Gasteiger partial charge in [-0.1, -0.05) is 12.1 Å². The summed E-state index contributed by atoms with van der Waals surface area (Å²) in [5.41, 5.74) is 0.526. The number of benzene rings is 1. The van der Waals surface area contributed by atoms with Crippen LogP contribution in [-0.2, 0) is 15.4 Å². The summed E-state index contributed by atoms with van der Waals surface area (Å²) in [5.74, 6) is 0.966. The van der Waals surface area contributed by atoms with Gasteiger partial charge in [0.1, 0.15) is 11.6 Å². The first kappa shape index (κ1) is 24.6. The van der Waals surface area contributed by atoms with Crippen LogP contribution in [0.4, 0.5) is 10.2 Å². The number of nitrogens with zero attached hydrogens (tertiary/aromatic N) is 4. The van der Waals surface area contributed by atoms with Gasteiger partial charge in [0.15, 0.2) is 16.2 Å². The molecule has 1 unspecified atom stereocenters. The van der Waals surface area contributed by atoms with Crippen LogP contribution in [0.25, 0.3) is 0 Å². The molecule has 1 spiro atoms. The third kappa shape index (κ3) is 4.48. The second kappa shape index (κ2) is 8.80. The Bertz CT molecular complexity index is 1180. The molecule has 0 radical (unpaired) electrons. The fourth-order valence-electron chi connectivity index (χ4n) is 6.08. The summed E-state index contributed by atoms with van der Waals surface area (Å²) in [6.07, 6.45) is 7.53. The van der Waals surface area contributed by atoms with Crippen molar-refractivity contribution < 1.29 is 17.9 Å². The van der Waals surface area contributed by atoms with Crippen LogP contribution in [0.5, 0.6) is 0 Å². The molecule has 2 saturated carbocycles. The molecular formula is C26H35FN4O3S. The lowest BCUT2D eigenvalue weighted by molar-refractivity contribution is -0.0556. The van der Waals surface area contributed by atoms with Crippen molar-refractivity contribution in [1.29, 1.82) is 0 Å². The van der Waals surface area contributed by atoms with E-state index in [4.69, 9.17) is 0 Å². The van der Waals surface area contributed by atoms with Gasteiger partial charge in [0, 0.05) is 36.6 Å². The fourth-order valence-corrected chi connectivity index (χ4v) is 6.64. The number of halogens is 1. The average molecular weight is 503 g/mol. The van der Waals surface area contributed by atoms with Crippen LogP contribution in [0.15, 0.2) is 47.5 Å². The average Bonchev–Trinajstić information content (AvgIpc) is 3.60. The van der Waals surface area contributed by atoms with Crippen LogP contribution in [0.2, 0.25) is 0 Å². The van der Waals surface area contributed by atoms with Gasteiger partial charge in [0.05, 0.1) is 4.90 Å². The van der Waals surface area contributed by atoms with Gasteiger partial charge in [-0.25, -0.2) is 17.8 Å². The standard InChI is InChI=1S/C26H35FN4O3S/c1-29(2)26(20-5-4-6-21(27)15-20)13-11-25(12-14-26)18-30(24(32)31(25)17-19-7-8-19)23-10-9-22(16-28-23)35(3,33)34/h4-6,9-10,15-16,19,24,32H,7-8,11-14,17-18H2,1-3H3. The van der Waals surface area contributed by atoms with Gasteiger partial charge < -0.3 is 10.0 Å². The molecule has 9 heteroatoms. The predicted octanol–water partition coefficient (Wildman–Crippen LogP) is 3.20. The van der Waals surface area contributed by atoms with Crippen molar-refractivity contribution in [2.24, 2.45) is 5.92 Å². The number of anilines is 1. The highest BCUT2D eigenvalue weighted by Crippen LogP contribution is 2.51. The van der Waals surface area contributed by atoms with E-state index >= 15 is 0 Å². The molecule has 1 N–H and O–H groups in total. The molecule has 5 rings (SSSR count). The van der Waals surface area contributed by atoms with Crippen LogP contribution in [0, 0.1) is 11.7 Å². The van der Waals surface area contributed by atoms with E-state index in [0.717, 1.165) is 37.8 Å². The van der Waals surface area contributed by atoms with Crippen LogP contribution in [-0.4, -0.2) is 73.6 Å². The number of aromatic nitrogens is 1. The van der Waals surface area contributed by atoms with E-state index in [1.165, 1.54) is 31.4 Å². The van der Waals surface area contributed by atoms with Gasteiger partial charge >= 0.3 is 0 Å². The Morgan fingerprint density at radius 3 is 2.40 bits per heavy atom. The van der Waals surface area contributed by atoms with Crippen molar-refractivity contribution in [3.05, 3.63) is 54.0 Å². The second-order valence-corrected chi connectivity index (χ2v) is 12.9. The van der Waals surface area contributed by atoms with Crippen molar-refractivity contribution in [1.82, 2.24) is 14.8 Å². The lowest BCUT2D eigenvalue weighted by Crippen LogP contribution is -2.56. The fraction of sp³-hybridized carbons (Fsp3) is 0.577. The summed E-state index contributed by atoms with van der Waals surface area (Å²) in [6.45, 7) is 1.47. The van der Waals surface area contributed by atoms with E-state index in [1.54, 1.807) is 24.3 Å². The summed E-state index contributed by atoms with van der Waals surface area (Å²) in [6, 6.07) is 10.2. The van der Waals surface area contributed by atoms with Gasteiger partial charge in [-0.05, 0) is 88.4 Å². The van der Waals surface area contributed by atoms with Crippen LogP contribution < -0.4 is 4.90 Å². The van der Waals surface area contributed by atoms with Crippen LogP contribution >= 0.6 is 0 Å². The van der Waals surface area contributed by atoms with Crippen molar-refractivity contribution in [3.8, 4) is 0 Å². The van der Waals surface area contributed by atoms with E-state index in [9.17, 15) is 17.9 Å². The quantitative estimate of drug-likeness (QED) is 0.650. The monoisotopic (exact) mass is 502 g/mol. The maximum Gasteiger partial charge on any atom is 0.188 e. The number of hydrogen-bond donors (Lipinski definition) is 1. The van der Waals surface area contributed by atoms with E-state index in [-0.39, 0.29) is 21.8 Å². The lowest BCUT2D eigenvalue weighted by Gasteiger charge is -2.51. The molecule has 1 atom stereocenters. The van der Waals surface area contributed by atoms with Crippen molar-refractivity contribution in [2.45, 2.75) is 60.9 Å². The molecule has 3 aliphatic rings. The molecule has 1 aliphatic heterocycles. The van der Waals surface area contributed by atoms with Gasteiger partial charge in [0.25, 0.3) is 0 Å². The minimum Gasteiger partial charge on any atom is -0.361 e. The number of rotatable bonds is 6. The SMILES string of the molecule is CN(C)C1(c2cccc(F)c2)CCC2(CC1)CN(c1ccc(S(C)(=O)=O)cn1)C(O)N2CC1CC1. The molecule has 1 aromatic carbocycles. The number of pyridine rings is 1. The van der Waals surface area contributed by atoms with Crippen molar-refractivity contribution in [2.75, 3.05) is 38.3 Å². The zero-order chi connectivity index (χ0) is 25.0. The number of sulfone groups is 1. The van der Waals surface area contributed by atoms with Gasteiger partial charge in [0.2, 0.25) is 0 Å². The number of hydrogen-bond acceptors (Lipinski definition) is 7. The summed E-state index contributed by atoms with van der Waals surface area (Å²) in [5, 5.41) is 11.5. The summed E-state index contributed by atoms with van der Waals surface area (Å²) >= 11 is 0. The van der Waals surface area contributed by atoms with Crippen molar-refractivity contribution >= 4 is 15.7 Å². The zero-order valence-electron chi connectivity index (χ0n) is 20.7. The van der Waals surface area contributed by atoms with Gasteiger partial charge in [-0.3, -0.25) is 9.80 Å². The summed E-state index contributed by atoms with van der Waals surface area (Å²) in [4.78, 5) is 10.9. The second-order valence-electron chi connectivity index (χ2n) is 10.9. The summed E-state index contributed by atoms with van der Waals surface area (Å²) in [7, 11) is 0.789.